The Bertz CT molecular complexity index is 320. The number of nitrogens with zero attached hydrogens (tertiary/aromatic N) is 2. The monoisotopic (exact) mass is 229 g/mol. The number of methoxy groups -OCH3 is 1. The van der Waals surface area contributed by atoms with Gasteiger partial charge < -0.3 is 10.1 Å². The summed E-state index contributed by atoms with van der Waals surface area (Å²) in [6, 6.07) is 2.03. The highest BCUT2D eigenvalue weighted by Gasteiger charge is 2.05. The minimum atomic E-state index is 0.332. The molecule has 0 aliphatic carbocycles. The Kier molecular flexibility index (Phi) is 4.78. The van der Waals surface area contributed by atoms with E-state index in [-0.39, 0.29) is 0 Å². The number of aromatic nitrogens is 2. The van der Waals surface area contributed by atoms with Crippen molar-refractivity contribution >= 4 is 17.5 Å². The number of halogens is 1. The van der Waals surface area contributed by atoms with Crippen LogP contribution in [0.15, 0.2) is 6.07 Å². The van der Waals surface area contributed by atoms with Crippen LogP contribution in [0.5, 0.6) is 0 Å². The predicted molar refractivity (Wildman–Crippen MR) is 61.1 cm³/mol. The van der Waals surface area contributed by atoms with E-state index in [0.717, 1.165) is 12.1 Å². The van der Waals surface area contributed by atoms with Gasteiger partial charge in [0.1, 0.15) is 5.15 Å². The number of hydrogen-bond acceptors (Lipinski definition) is 4. The molecule has 0 spiro atoms. The maximum Gasteiger partial charge on any atom is 0.224 e. The minimum Gasteiger partial charge on any atom is -0.378 e. The van der Waals surface area contributed by atoms with Crippen molar-refractivity contribution in [3.63, 3.8) is 0 Å². The molecule has 0 aliphatic heterocycles. The van der Waals surface area contributed by atoms with Crippen LogP contribution in [-0.4, -0.2) is 23.1 Å². The third-order valence-corrected chi connectivity index (χ3v) is 2.22. The third-order valence-electron chi connectivity index (χ3n) is 2.03. The largest absolute Gasteiger partial charge is 0.378 e. The average molecular weight is 230 g/mol. The molecule has 0 saturated carbocycles. The van der Waals surface area contributed by atoms with Gasteiger partial charge in [0.05, 0.1) is 12.3 Å². The van der Waals surface area contributed by atoms with Crippen LogP contribution in [0.4, 0.5) is 5.95 Å². The van der Waals surface area contributed by atoms with Gasteiger partial charge in [-0.1, -0.05) is 18.5 Å². The molecule has 0 saturated heterocycles. The molecule has 0 bridgehead atoms. The van der Waals surface area contributed by atoms with Crippen molar-refractivity contribution < 1.29 is 4.74 Å². The van der Waals surface area contributed by atoms with Crippen molar-refractivity contribution in [1.82, 2.24) is 9.97 Å². The molecule has 0 radical (unpaired) electrons. The van der Waals surface area contributed by atoms with Gasteiger partial charge in [-0.15, -0.1) is 0 Å². The summed E-state index contributed by atoms with van der Waals surface area (Å²) in [4.78, 5) is 8.37. The summed E-state index contributed by atoms with van der Waals surface area (Å²) in [6.07, 6.45) is 1.01. The molecule has 4 nitrogen and oxygen atoms in total. The van der Waals surface area contributed by atoms with Crippen LogP contribution in [0.3, 0.4) is 0 Å². The summed E-state index contributed by atoms with van der Waals surface area (Å²) in [6.45, 7) is 4.61. The van der Waals surface area contributed by atoms with Crippen molar-refractivity contribution in [3.8, 4) is 0 Å². The molecular weight excluding hydrogens is 214 g/mol. The van der Waals surface area contributed by atoms with Crippen LogP contribution in [0, 0.1) is 0 Å². The molecule has 0 aromatic carbocycles. The fraction of sp³-hybridized carbons (Fsp3) is 0.600. The van der Waals surface area contributed by atoms with Gasteiger partial charge in [0.2, 0.25) is 5.95 Å². The van der Waals surface area contributed by atoms with Crippen molar-refractivity contribution in [2.45, 2.75) is 32.9 Å². The summed E-state index contributed by atoms with van der Waals surface area (Å²) in [5, 5.41) is 3.60. The van der Waals surface area contributed by atoms with Crippen LogP contribution in [0.2, 0.25) is 5.15 Å². The smallest absolute Gasteiger partial charge is 0.224 e. The lowest BCUT2D eigenvalue weighted by molar-refractivity contribution is 0.181. The van der Waals surface area contributed by atoms with Crippen LogP contribution < -0.4 is 5.32 Å². The summed E-state index contributed by atoms with van der Waals surface area (Å²) in [5.74, 6) is 0.559. The van der Waals surface area contributed by atoms with E-state index in [4.69, 9.17) is 16.3 Å². The zero-order valence-corrected chi connectivity index (χ0v) is 10.0. The molecule has 1 atom stereocenters. The Morgan fingerprint density at radius 1 is 1.53 bits per heavy atom. The first-order chi connectivity index (χ1) is 7.15. The minimum absolute atomic E-state index is 0.332. The molecule has 1 aromatic rings. The molecule has 0 aliphatic rings. The first-order valence-electron chi connectivity index (χ1n) is 4.94. The Hall–Kier alpha value is -0.870. The van der Waals surface area contributed by atoms with Gasteiger partial charge in [0, 0.05) is 13.2 Å². The second-order valence-electron chi connectivity index (χ2n) is 3.39. The highest BCUT2D eigenvalue weighted by atomic mass is 35.5. The molecule has 0 amide bonds. The first-order valence-corrected chi connectivity index (χ1v) is 5.32. The second kappa shape index (κ2) is 5.88. The first kappa shape index (κ1) is 12.2. The summed E-state index contributed by atoms with van der Waals surface area (Å²) >= 11 is 5.87. The topological polar surface area (TPSA) is 47.0 Å². The summed E-state index contributed by atoms with van der Waals surface area (Å²) < 4.78 is 4.99. The molecule has 5 heteroatoms. The van der Waals surface area contributed by atoms with Crippen molar-refractivity contribution in [3.05, 3.63) is 16.9 Å². The summed E-state index contributed by atoms with van der Waals surface area (Å²) in [7, 11) is 1.62. The van der Waals surface area contributed by atoms with Gasteiger partial charge in [-0.05, 0) is 19.4 Å². The van der Waals surface area contributed by atoms with E-state index in [9.17, 15) is 0 Å². The lowest BCUT2D eigenvalue weighted by atomic mass is 10.3. The van der Waals surface area contributed by atoms with E-state index in [1.807, 2.05) is 0 Å². The van der Waals surface area contributed by atoms with Gasteiger partial charge in [-0.25, -0.2) is 9.97 Å². The quantitative estimate of drug-likeness (QED) is 0.789. The normalized spacial score (nSPS) is 12.5. The molecule has 1 heterocycles. The van der Waals surface area contributed by atoms with Gasteiger partial charge in [0.15, 0.2) is 0 Å². The zero-order chi connectivity index (χ0) is 11.3. The van der Waals surface area contributed by atoms with Crippen LogP contribution in [-0.2, 0) is 11.3 Å². The number of hydrogen-bond donors (Lipinski definition) is 1. The highest BCUT2D eigenvalue weighted by Crippen LogP contribution is 2.12. The predicted octanol–water partition coefficient (Wildman–Crippen LogP) is 2.49. The lowest BCUT2D eigenvalue weighted by Crippen LogP contribution is -2.16. The van der Waals surface area contributed by atoms with Gasteiger partial charge >= 0.3 is 0 Å². The number of ether oxygens (including phenoxy) is 1. The van der Waals surface area contributed by atoms with E-state index >= 15 is 0 Å². The number of rotatable bonds is 5. The van der Waals surface area contributed by atoms with Crippen molar-refractivity contribution in [1.29, 1.82) is 0 Å². The van der Waals surface area contributed by atoms with Gasteiger partial charge in [-0.3, -0.25) is 0 Å². The Morgan fingerprint density at radius 3 is 2.87 bits per heavy atom. The molecule has 0 fully saturated rings. The van der Waals surface area contributed by atoms with Crippen molar-refractivity contribution in [2.75, 3.05) is 12.4 Å². The Balaban J connectivity index is 2.78. The van der Waals surface area contributed by atoms with E-state index in [1.165, 1.54) is 0 Å². The van der Waals surface area contributed by atoms with Gasteiger partial charge in [-0.2, -0.15) is 0 Å². The second-order valence-corrected chi connectivity index (χ2v) is 3.78. The van der Waals surface area contributed by atoms with Crippen molar-refractivity contribution in [2.24, 2.45) is 0 Å². The van der Waals surface area contributed by atoms with E-state index in [2.05, 4.69) is 29.1 Å². The number of anilines is 1. The van der Waals surface area contributed by atoms with Crippen LogP contribution in [0.1, 0.15) is 26.0 Å². The average Bonchev–Trinajstić information content (AvgIpc) is 2.17. The highest BCUT2D eigenvalue weighted by molar-refractivity contribution is 6.29. The fourth-order valence-corrected chi connectivity index (χ4v) is 1.28. The Labute approximate surface area is 95.0 Å². The molecule has 1 aromatic heterocycles. The lowest BCUT2D eigenvalue weighted by Gasteiger charge is -2.12. The number of nitrogens with one attached hydrogen (secondary N) is 1. The SMILES string of the molecule is CC[C@H](C)Nc1nc(Cl)cc(COC)n1. The molecular formula is C10H16ClN3O. The summed E-state index contributed by atoms with van der Waals surface area (Å²) in [5.41, 5.74) is 0.781. The molecule has 1 rings (SSSR count). The van der Waals surface area contributed by atoms with E-state index in [0.29, 0.717) is 23.8 Å². The fourth-order valence-electron chi connectivity index (χ4n) is 1.07. The molecule has 15 heavy (non-hydrogen) atoms. The maximum atomic E-state index is 5.87. The standard InChI is InChI=1S/C10H16ClN3O/c1-4-7(2)12-10-13-8(6-15-3)5-9(11)14-10/h5,7H,4,6H2,1-3H3,(H,12,13,14)/t7-/m0/s1. The maximum absolute atomic E-state index is 5.87. The zero-order valence-electron chi connectivity index (χ0n) is 9.25. The third kappa shape index (κ3) is 4.01. The Morgan fingerprint density at radius 2 is 2.27 bits per heavy atom. The molecule has 84 valence electrons. The van der Waals surface area contributed by atoms with E-state index < -0.39 is 0 Å². The van der Waals surface area contributed by atoms with Crippen LogP contribution >= 0.6 is 11.6 Å². The molecule has 0 unspecified atom stereocenters. The van der Waals surface area contributed by atoms with Crippen LogP contribution in [0.25, 0.3) is 0 Å². The van der Waals surface area contributed by atoms with E-state index in [1.54, 1.807) is 13.2 Å². The van der Waals surface area contributed by atoms with Gasteiger partial charge in [0.25, 0.3) is 0 Å². The molecule has 1 N–H and O–H groups in total.